The molecule has 0 aliphatic carbocycles. The van der Waals surface area contributed by atoms with E-state index in [9.17, 15) is 4.79 Å². The molecule has 0 aliphatic rings. The molecule has 1 aromatic carbocycles. The summed E-state index contributed by atoms with van der Waals surface area (Å²) >= 11 is 2.25. The minimum absolute atomic E-state index is 0.00441. The molecule has 0 aromatic heterocycles. The fraction of sp³-hybridized carbons (Fsp3) is 0.300. The Balaban J connectivity index is 2.59. The van der Waals surface area contributed by atoms with Crippen molar-refractivity contribution >= 4 is 28.5 Å². The highest BCUT2D eigenvalue weighted by Crippen LogP contribution is 1.99. The van der Waals surface area contributed by atoms with Crippen molar-refractivity contribution in [3.05, 3.63) is 35.9 Å². The van der Waals surface area contributed by atoms with Crippen LogP contribution in [-0.4, -0.2) is 16.4 Å². The third kappa shape index (κ3) is 3.34. The Kier molecular flexibility index (Phi) is 4.21. The molecule has 1 rings (SSSR count). The molecule has 1 N–H and O–H groups in total. The number of carbonyl (C=O) groups excluding carboxylic acids is 1. The molecule has 0 spiro atoms. The molecule has 13 heavy (non-hydrogen) atoms. The molecule has 1 aromatic rings. The van der Waals surface area contributed by atoms with Gasteiger partial charge in [0.05, 0.1) is 0 Å². The van der Waals surface area contributed by atoms with Crippen molar-refractivity contribution in [2.75, 3.05) is 4.43 Å². The van der Waals surface area contributed by atoms with E-state index < -0.39 is 0 Å². The zero-order chi connectivity index (χ0) is 9.68. The number of nitrogens with one attached hydrogen (secondary N) is 1. The Hall–Kier alpha value is -0.580. The lowest BCUT2D eigenvalue weighted by Gasteiger charge is -2.09. The summed E-state index contributed by atoms with van der Waals surface area (Å²) in [5.41, 5.74) is 0.721. The lowest BCUT2D eigenvalue weighted by molar-refractivity contribution is 0.0944. The number of carbonyl (C=O) groups is 1. The number of hydrogen-bond acceptors (Lipinski definition) is 1. The van der Waals surface area contributed by atoms with Crippen LogP contribution < -0.4 is 5.32 Å². The van der Waals surface area contributed by atoms with Gasteiger partial charge in [-0.1, -0.05) is 40.8 Å². The highest BCUT2D eigenvalue weighted by Gasteiger charge is 2.06. The van der Waals surface area contributed by atoms with Crippen LogP contribution in [0.25, 0.3) is 0 Å². The molecule has 0 aliphatic heterocycles. The second kappa shape index (κ2) is 5.21. The quantitative estimate of drug-likeness (QED) is 0.671. The molecule has 3 heteroatoms. The Morgan fingerprint density at radius 1 is 1.46 bits per heavy atom. The average molecular weight is 289 g/mol. The van der Waals surface area contributed by atoms with E-state index in [0.717, 1.165) is 9.99 Å². The molecule has 2 nitrogen and oxygen atoms in total. The lowest BCUT2D eigenvalue weighted by Crippen LogP contribution is -2.33. The van der Waals surface area contributed by atoms with Gasteiger partial charge in [0.25, 0.3) is 5.91 Å². The van der Waals surface area contributed by atoms with Crippen molar-refractivity contribution in [2.45, 2.75) is 13.0 Å². The van der Waals surface area contributed by atoms with Crippen LogP contribution in [0.1, 0.15) is 17.3 Å². The SMILES string of the molecule is CC(CI)NC(=O)c1ccccc1. The van der Waals surface area contributed by atoms with Crippen LogP contribution in [0.2, 0.25) is 0 Å². The lowest BCUT2D eigenvalue weighted by atomic mass is 10.2. The highest BCUT2D eigenvalue weighted by atomic mass is 127. The van der Waals surface area contributed by atoms with Crippen molar-refractivity contribution in [2.24, 2.45) is 0 Å². The second-order valence-corrected chi connectivity index (χ2v) is 3.78. The van der Waals surface area contributed by atoms with Gasteiger partial charge in [-0.05, 0) is 19.1 Å². The first-order valence-electron chi connectivity index (χ1n) is 4.16. The van der Waals surface area contributed by atoms with Gasteiger partial charge in [0.15, 0.2) is 0 Å². The van der Waals surface area contributed by atoms with Gasteiger partial charge in [-0.2, -0.15) is 0 Å². The zero-order valence-electron chi connectivity index (χ0n) is 7.46. The van der Waals surface area contributed by atoms with Gasteiger partial charge in [-0.3, -0.25) is 4.79 Å². The molecule has 0 saturated heterocycles. The largest absolute Gasteiger partial charge is 0.349 e. The maximum absolute atomic E-state index is 11.5. The first-order chi connectivity index (χ1) is 6.24. The second-order valence-electron chi connectivity index (χ2n) is 2.89. The van der Waals surface area contributed by atoms with Crippen LogP contribution in [0, 0.1) is 0 Å². The summed E-state index contributed by atoms with van der Waals surface area (Å²) in [6, 6.07) is 9.49. The number of halogens is 1. The van der Waals surface area contributed by atoms with E-state index in [4.69, 9.17) is 0 Å². The summed E-state index contributed by atoms with van der Waals surface area (Å²) in [6.45, 7) is 1.99. The summed E-state index contributed by atoms with van der Waals surface area (Å²) in [7, 11) is 0. The van der Waals surface area contributed by atoms with Crippen molar-refractivity contribution < 1.29 is 4.79 Å². The Bertz CT molecular complexity index is 274. The maximum atomic E-state index is 11.5. The predicted molar refractivity (Wildman–Crippen MR) is 62.3 cm³/mol. The normalized spacial score (nSPS) is 12.2. The van der Waals surface area contributed by atoms with Crippen LogP contribution in [-0.2, 0) is 0 Å². The molecule has 0 radical (unpaired) electrons. The van der Waals surface area contributed by atoms with Crippen LogP contribution in [0.15, 0.2) is 30.3 Å². The van der Waals surface area contributed by atoms with Gasteiger partial charge in [0, 0.05) is 16.0 Å². The summed E-state index contributed by atoms with van der Waals surface area (Å²) < 4.78 is 0.927. The predicted octanol–water partition coefficient (Wildman–Crippen LogP) is 2.24. The summed E-state index contributed by atoms with van der Waals surface area (Å²) in [4.78, 5) is 11.5. The van der Waals surface area contributed by atoms with E-state index in [1.165, 1.54) is 0 Å². The molecule has 1 atom stereocenters. The molecule has 70 valence electrons. The number of rotatable bonds is 3. The molecule has 0 saturated carbocycles. The monoisotopic (exact) mass is 289 g/mol. The van der Waals surface area contributed by atoms with Gasteiger partial charge in [0.2, 0.25) is 0 Å². The fourth-order valence-corrected chi connectivity index (χ4v) is 1.16. The van der Waals surface area contributed by atoms with Crippen molar-refractivity contribution in [3.8, 4) is 0 Å². The molecular weight excluding hydrogens is 277 g/mol. The number of hydrogen-bond donors (Lipinski definition) is 1. The van der Waals surface area contributed by atoms with Crippen molar-refractivity contribution in [1.29, 1.82) is 0 Å². The van der Waals surface area contributed by atoms with Gasteiger partial charge >= 0.3 is 0 Å². The van der Waals surface area contributed by atoms with E-state index in [1.54, 1.807) is 0 Å². The summed E-state index contributed by atoms with van der Waals surface area (Å²) in [5, 5.41) is 2.90. The van der Waals surface area contributed by atoms with Crippen LogP contribution in [0.5, 0.6) is 0 Å². The highest BCUT2D eigenvalue weighted by molar-refractivity contribution is 14.1. The average Bonchev–Trinajstić information content (AvgIpc) is 2.19. The van der Waals surface area contributed by atoms with E-state index in [1.807, 2.05) is 37.3 Å². The standard InChI is InChI=1S/C10H12INO/c1-8(7-11)12-10(13)9-5-3-2-4-6-9/h2-6,8H,7H2,1H3,(H,12,13). The Labute approximate surface area is 91.9 Å². The van der Waals surface area contributed by atoms with E-state index >= 15 is 0 Å². The molecule has 0 heterocycles. The Morgan fingerprint density at radius 2 is 2.08 bits per heavy atom. The minimum atomic E-state index is 0.00441. The smallest absolute Gasteiger partial charge is 0.251 e. The minimum Gasteiger partial charge on any atom is -0.349 e. The van der Waals surface area contributed by atoms with Gasteiger partial charge < -0.3 is 5.32 Å². The molecular formula is C10H12INO. The van der Waals surface area contributed by atoms with Crippen molar-refractivity contribution in [3.63, 3.8) is 0 Å². The molecule has 1 unspecified atom stereocenters. The van der Waals surface area contributed by atoms with Gasteiger partial charge in [-0.15, -0.1) is 0 Å². The van der Waals surface area contributed by atoms with Crippen molar-refractivity contribution in [1.82, 2.24) is 5.32 Å². The van der Waals surface area contributed by atoms with E-state index in [0.29, 0.717) is 0 Å². The maximum Gasteiger partial charge on any atom is 0.251 e. The first-order valence-corrected chi connectivity index (χ1v) is 5.68. The zero-order valence-corrected chi connectivity index (χ0v) is 9.61. The molecule has 1 amide bonds. The third-order valence-corrected chi connectivity index (χ3v) is 2.97. The number of alkyl halides is 1. The number of amides is 1. The van der Waals surface area contributed by atoms with Gasteiger partial charge in [0.1, 0.15) is 0 Å². The van der Waals surface area contributed by atoms with Crippen LogP contribution in [0.4, 0.5) is 0 Å². The topological polar surface area (TPSA) is 29.1 Å². The van der Waals surface area contributed by atoms with E-state index in [2.05, 4.69) is 27.9 Å². The fourth-order valence-electron chi connectivity index (χ4n) is 0.935. The van der Waals surface area contributed by atoms with Crippen LogP contribution >= 0.6 is 22.6 Å². The third-order valence-electron chi connectivity index (χ3n) is 1.64. The molecule has 0 bridgehead atoms. The summed E-state index contributed by atoms with van der Waals surface area (Å²) in [5.74, 6) is 0.00441. The Morgan fingerprint density at radius 3 is 2.62 bits per heavy atom. The molecule has 0 fully saturated rings. The summed E-state index contributed by atoms with van der Waals surface area (Å²) in [6.07, 6.45) is 0. The first kappa shape index (κ1) is 10.5. The van der Waals surface area contributed by atoms with Crippen LogP contribution in [0.3, 0.4) is 0 Å². The number of benzene rings is 1. The van der Waals surface area contributed by atoms with Gasteiger partial charge in [-0.25, -0.2) is 0 Å². The van der Waals surface area contributed by atoms with E-state index in [-0.39, 0.29) is 11.9 Å².